The first kappa shape index (κ1) is 22.2. The molecule has 0 rings (SSSR count). The van der Waals surface area contributed by atoms with Gasteiger partial charge in [-0.15, -0.1) is 0 Å². The summed E-state index contributed by atoms with van der Waals surface area (Å²) in [6.07, 6.45) is -7.95. The molecule has 140 valence electrons. The van der Waals surface area contributed by atoms with Crippen molar-refractivity contribution in [1.29, 1.82) is 0 Å². The van der Waals surface area contributed by atoms with E-state index >= 15 is 0 Å². The number of esters is 1. The first-order valence-electron chi connectivity index (χ1n) is 5.65. The van der Waals surface area contributed by atoms with Gasteiger partial charge in [0.1, 0.15) is 0 Å². The Balaban J connectivity index is 5.55. The fraction of sp³-hybridized carbons (Fsp3) is 0.600. The number of aliphatic carboxylic acids is 1. The highest BCUT2D eigenvalue weighted by Crippen LogP contribution is 2.37. The lowest BCUT2D eigenvalue weighted by Gasteiger charge is -2.31. The van der Waals surface area contributed by atoms with Gasteiger partial charge in [-0.3, -0.25) is 4.55 Å². The predicted molar refractivity (Wildman–Crippen MR) is 64.4 cm³/mol. The van der Waals surface area contributed by atoms with Crippen LogP contribution in [0.5, 0.6) is 0 Å². The van der Waals surface area contributed by atoms with Gasteiger partial charge in [0, 0.05) is 5.57 Å². The van der Waals surface area contributed by atoms with Crippen molar-refractivity contribution in [2.45, 2.75) is 30.6 Å². The summed E-state index contributed by atoms with van der Waals surface area (Å²) >= 11 is 0. The SMILES string of the molecule is C=C(C)C(=O)OC(OCCC(F)(F)S(=O)(=O)O)(C(=O)O)C(F)(F)F. The van der Waals surface area contributed by atoms with Crippen LogP contribution in [0.2, 0.25) is 0 Å². The molecule has 14 heteroatoms. The summed E-state index contributed by atoms with van der Waals surface area (Å²) in [6, 6.07) is 0. The van der Waals surface area contributed by atoms with Crippen LogP contribution in [0.4, 0.5) is 22.0 Å². The molecule has 0 aliphatic rings. The minimum atomic E-state index is -5.98. The van der Waals surface area contributed by atoms with Gasteiger partial charge in [0.05, 0.1) is 13.0 Å². The van der Waals surface area contributed by atoms with Crippen LogP contribution in [0.1, 0.15) is 13.3 Å². The van der Waals surface area contributed by atoms with Crippen LogP contribution in [0.3, 0.4) is 0 Å². The fourth-order valence-electron chi connectivity index (χ4n) is 1.06. The number of carboxylic acids is 1. The van der Waals surface area contributed by atoms with Crippen LogP contribution in [-0.4, -0.2) is 53.8 Å². The molecule has 0 aliphatic heterocycles. The van der Waals surface area contributed by atoms with Crippen LogP contribution < -0.4 is 0 Å². The first-order valence-corrected chi connectivity index (χ1v) is 7.10. The smallest absolute Gasteiger partial charge is 0.468 e. The van der Waals surface area contributed by atoms with Gasteiger partial charge in [-0.1, -0.05) is 6.58 Å². The Morgan fingerprint density at radius 3 is 1.92 bits per heavy atom. The third kappa shape index (κ3) is 4.85. The molecular formula is C10H11F5O8S. The van der Waals surface area contributed by atoms with Crippen molar-refractivity contribution in [3.63, 3.8) is 0 Å². The number of carbonyl (C=O) groups excluding carboxylic acids is 1. The normalized spacial score (nSPS) is 15.5. The van der Waals surface area contributed by atoms with Gasteiger partial charge in [-0.05, 0) is 6.92 Å². The molecule has 0 fully saturated rings. The number of ether oxygens (including phenoxy) is 2. The molecule has 0 heterocycles. The lowest BCUT2D eigenvalue weighted by atomic mass is 10.2. The molecule has 1 unspecified atom stereocenters. The van der Waals surface area contributed by atoms with Crippen LogP contribution in [-0.2, 0) is 29.2 Å². The zero-order valence-electron chi connectivity index (χ0n) is 11.8. The molecule has 24 heavy (non-hydrogen) atoms. The van der Waals surface area contributed by atoms with Gasteiger partial charge >= 0.3 is 39.3 Å². The Hall–Kier alpha value is -1.80. The standard InChI is InChI=1S/C10H11F5O8S/c1-5(2)6(16)23-9(7(17)18,10(13,14)15)22-4-3-8(11,12)24(19,20)21/h1,3-4H2,2H3,(H,17,18)(H,19,20,21). The zero-order chi connectivity index (χ0) is 19.6. The second kappa shape index (κ2) is 6.98. The summed E-state index contributed by atoms with van der Waals surface area (Å²) in [6.45, 7) is 1.94. The summed E-state index contributed by atoms with van der Waals surface area (Å²) in [4.78, 5) is 22.1. The highest BCUT2D eigenvalue weighted by molar-refractivity contribution is 7.86. The highest BCUT2D eigenvalue weighted by atomic mass is 32.2. The number of carboxylic acid groups (broad SMARTS) is 1. The third-order valence-electron chi connectivity index (χ3n) is 2.32. The Labute approximate surface area is 131 Å². The van der Waals surface area contributed by atoms with Gasteiger partial charge < -0.3 is 14.6 Å². The van der Waals surface area contributed by atoms with E-state index in [0.29, 0.717) is 0 Å². The quantitative estimate of drug-likeness (QED) is 0.210. The highest BCUT2D eigenvalue weighted by Gasteiger charge is 2.67. The van der Waals surface area contributed by atoms with E-state index in [9.17, 15) is 40.0 Å². The molecule has 0 saturated carbocycles. The maximum absolute atomic E-state index is 12.9. The Morgan fingerprint density at radius 2 is 1.62 bits per heavy atom. The van der Waals surface area contributed by atoms with E-state index < -0.39 is 57.9 Å². The molecular weight excluding hydrogens is 375 g/mol. The van der Waals surface area contributed by atoms with Gasteiger partial charge in [0.25, 0.3) is 0 Å². The van der Waals surface area contributed by atoms with Gasteiger partial charge in [0.2, 0.25) is 0 Å². The average molecular weight is 386 g/mol. The summed E-state index contributed by atoms with van der Waals surface area (Å²) in [5.74, 6) is -9.42. The lowest BCUT2D eigenvalue weighted by Crippen LogP contribution is -2.58. The molecule has 8 nitrogen and oxygen atoms in total. The molecule has 0 spiro atoms. The van der Waals surface area contributed by atoms with E-state index in [2.05, 4.69) is 16.1 Å². The number of rotatable bonds is 8. The molecule has 1 atom stereocenters. The van der Waals surface area contributed by atoms with Crippen LogP contribution >= 0.6 is 0 Å². The maximum atomic E-state index is 12.9. The topological polar surface area (TPSA) is 127 Å². The van der Waals surface area contributed by atoms with Crippen LogP contribution in [0.25, 0.3) is 0 Å². The van der Waals surface area contributed by atoms with Crippen LogP contribution in [0.15, 0.2) is 12.2 Å². The number of carbonyl (C=O) groups is 2. The molecule has 0 bridgehead atoms. The van der Waals surface area contributed by atoms with E-state index in [1.807, 2.05) is 0 Å². The largest absolute Gasteiger partial charge is 0.476 e. The molecule has 2 N–H and O–H groups in total. The van der Waals surface area contributed by atoms with Crippen molar-refractivity contribution < 1.29 is 59.1 Å². The average Bonchev–Trinajstić information content (AvgIpc) is 2.33. The third-order valence-corrected chi connectivity index (χ3v) is 3.27. The van der Waals surface area contributed by atoms with E-state index in [4.69, 9.17) is 9.66 Å². The second-order valence-corrected chi connectivity index (χ2v) is 5.85. The maximum Gasteiger partial charge on any atom is 0.468 e. The van der Waals surface area contributed by atoms with Gasteiger partial charge in [-0.25, -0.2) is 9.59 Å². The number of alkyl halides is 5. The number of halogens is 5. The summed E-state index contributed by atoms with van der Waals surface area (Å²) in [7, 11) is -5.98. The fourth-order valence-corrected chi connectivity index (χ4v) is 1.40. The van der Waals surface area contributed by atoms with Crippen molar-refractivity contribution in [3.8, 4) is 0 Å². The minimum absolute atomic E-state index is 0.656. The van der Waals surface area contributed by atoms with Crippen molar-refractivity contribution in [2.75, 3.05) is 6.61 Å². The Bertz CT molecular complexity index is 626. The van der Waals surface area contributed by atoms with E-state index in [-0.39, 0.29) is 0 Å². The monoisotopic (exact) mass is 386 g/mol. The van der Waals surface area contributed by atoms with Gasteiger partial charge in [-0.2, -0.15) is 30.4 Å². The Kier molecular flexibility index (Phi) is 6.46. The first-order chi connectivity index (χ1) is 10.5. The molecule has 0 aromatic carbocycles. The summed E-state index contributed by atoms with van der Waals surface area (Å²) < 4.78 is 101. The van der Waals surface area contributed by atoms with Crippen LogP contribution in [0, 0.1) is 0 Å². The van der Waals surface area contributed by atoms with Crippen molar-refractivity contribution >= 4 is 22.1 Å². The van der Waals surface area contributed by atoms with E-state index in [0.717, 1.165) is 6.92 Å². The van der Waals surface area contributed by atoms with Crippen molar-refractivity contribution in [3.05, 3.63) is 12.2 Å². The molecule has 0 aliphatic carbocycles. The van der Waals surface area contributed by atoms with Gasteiger partial charge in [0.15, 0.2) is 0 Å². The number of hydrogen-bond acceptors (Lipinski definition) is 6. The minimum Gasteiger partial charge on any atom is -0.476 e. The lowest BCUT2D eigenvalue weighted by molar-refractivity contribution is -0.354. The van der Waals surface area contributed by atoms with E-state index in [1.54, 1.807) is 0 Å². The number of hydrogen-bond donors (Lipinski definition) is 2. The molecule has 0 aromatic rings. The molecule has 0 radical (unpaired) electrons. The Morgan fingerprint density at radius 1 is 1.17 bits per heavy atom. The van der Waals surface area contributed by atoms with E-state index in [1.165, 1.54) is 0 Å². The summed E-state index contributed by atoms with van der Waals surface area (Å²) in [5.41, 5.74) is -0.656. The molecule has 0 aromatic heterocycles. The molecule has 0 amide bonds. The summed E-state index contributed by atoms with van der Waals surface area (Å²) in [5, 5.41) is 3.76. The molecule has 0 saturated heterocycles. The zero-order valence-corrected chi connectivity index (χ0v) is 12.6. The predicted octanol–water partition coefficient (Wildman–Crippen LogP) is 1.34. The van der Waals surface area contributed by atoms with Crippen molar-refractivity contribution in [1.82, 2.24) is 0 Å². The second-order valence-electron chi connectivity index (χ2n) is 4.30. The van der Waals surface area contributed by atoms with Crippen molar-refractivity contribution in [2.24, 2.45) is 0 Å².